The molecule has 9 rings (SSSR count). The zero-order chi connectivity index (χ0) is 31.9. The molecular formula is C44H30InN4+3. The molecule has 4 nitrogen and oxygen atoms in total. The predicted molar refractivity (Wildman–Crippen MR) is 206 cm³/mol. The molecule has 226 valence electrons. The normalized spacial score (nSPS) is 11.8. The fraction of sp³-hybridized carbons (Fsp3) is 0. The van der Waals surface area contributed by atoms with E-state index in [9.17, 15) is 0 Å². The molecule has 5 heteroatoms. The Morgan fingerprint density at radius 1 is 0.286 bits per heavy atom. The van der Waals surface area contributed by atoms with Crippen LogP contribution in [0.1, 0.15) is 22.8 Å². The molecule has 0 amide bonds. The summed E-state index contributed by atoms with van der Waals surface area (Å²) < 4.78 is 0. The summed E-state index contributed by atoms with van der Waals surface area (Å²) in [6.07, 6.45) is 8.54. The van der Waals surface area contributed by atoms with Crippen LogP contribution in [0.15, 0.2) is 146 Å². The van der Waals surface area contributed by atoms with Crippen LogP contribution in [0, 0.1) is 0 Å². The molecule has 3 aromatic heterocycles. The van der Waals surface area contributed by atoms with Crippen molar-refractivity contribution in [3.8, 4) is 44.5 Å². The first-order valence-electron chi connectivity index (χ1n) is 16.2. The van der Waals surface area contributed by atoms with Gasteiger partial charge in [0, 0.05) is 44.3 Å². The number of aromatic amines is 2. The minimum absolute atomic E-state index is 0. The Morgan fingerprint density at radius 2 is 0.510 bits per heavy atom. The van der Waals surface area contributed by atoms with Crippen molar-refractivity contribution < 1.29 is 0 Å². The van der Waals surface area contributed by atoms with Crippen molar-refractivity contribution in [3.63, 3.8) is 0 Å². The van der Waals surface area contributed by atoms with E-state index < -0.39 is 0 Å². The molecule has 0 unspecified atom stereocenters. The Labute approximate surface area is 303 Å². The van der Waals surface area contributed by atoms with E-state index in [1.165, 1.54) is 0 Å². The van der Waals surface area contributed by atoms with Gasteiger partial charge in [-0.3, -0.25) is 0 Å². The number of aromatic nitrogens is 4. The number of nitrogens with zero attached hydrogens (tertiary/aromatic N) is 2. The average Bonchev–Trinajstić information content (AvgIpc) is 3.98. The summed E-state index contributed by atoms with van der Waals surface area (Å²) in [7, 11) is 0. The van der Waals surface area contributed by atoms with Gasteiger partial charge in [-0.05, 0) is 70.8 Å². The molecule has 0 saturated heterocycles. The van der Waals surface area contributed by atoms with Crippen LogP contribution in [0.3, 0.4) is 0 Å². The second-order valence-corrected chi connectivity index (χ2v) is 12.0. The Balaban J connectivity index is 0.00000348. The van der Waals surface area contributed by atoms with Crippen molar-refractivity contribution in [1.82, 2.24) is 19.9 Å². The van der Waals surface area contributed by atoms with E-state index in [0.29, 0.717) is 0 Å². The van der Waals surface area contributed by atoms with Crippen LogP contribution in [0.2, 0.25) is 0 Å². The summed E-state index contributed by atoms with van der Waals surface area (Å²) in [5.74, 6) is 0. The molecule has 7 aromatic rings. The van der Waals surface area contributed by atoms with Crippen molar-refractivity contribution in [3.05, 3.63) is 168 Å². The van der Waals surface area contributed by atoms with Gasteiger partial charge in [0.2, 0.25) is 0 Å². The van der Waals surface area contributed by atoms with Crippen molar-refractivity contribution in [2.45, 2.75) is 0 Å². The standard InChI is InChI=1S/C44H30N4.In/c1-5-13-29(14-6-1)41-33-21-23-35(45-33)42(30-15-7-2-8-16-30)37-25-27-39(47-37)44(32-19-11-4-12-20-32)40-28-26-38(48-40)43(31-17-9-3-10-18-31)36-24-22-34(41)46-36;/h1-28,45,48H;/q;+3. The average molecular weight is 730 g/mol. The Kier molecular flexibility index (Phi) is 8.20. The van der Waals surface area contributed by atoms with E-state index in [0.717, 1.165) is 89.4 Å². The second-order valence-electron chi connectivity index (χ2n) is 12.0. The summed E-state index contributed by atoms with van der Waals surface area (Å²) in [5.41, 5.74) is 16.2. The van der Waals surface area contributed by atoms with Gasteiger partial charge < -0.3 is 9.97 Å². The van der Waals surface area contributed by atoms with Gasteiger partial charge in [0.25, 0.3) is 0 Å². The number of fused-ring (bicyclic) bond motifs is 8. The van der Waals surface area contributed by atoms with Crippen LogP contribution in [0.5, 0.6) is 0 Å². The van der Waals surface area contributed by atoms with Crippen LogP contribution in [-0.4, -0.2) is 45.8 Å². The van der Waals surface area contributed by atoms with Crippen molar-refractivity contribution in [1.29, 1.82) is 0 Å². The van der Waals surface area contributed by atoms with E-state index in [1.54, 1.807) is 0 Å². The molecule has 0 radical (unpaired) electrons. The van der Waals surface area contributed by atoms with Crippen LogP contribution in [-0.2, 0) is 0 Å². The summed E-state index contributed by atoms with van der Waals surface area (Å²) >= 11 is 0. The fourth-order valence-electron chi connectivity index (χ4n) is 6.84. The van der Waals surface area contributed by atoms with Crippen molar-refractivity contribution in [2.24, 2.45) is 0 Å². The largest absolute Gasteiger partial charge is 3.00 e. The van der Waals surface area contributed by atoms with Gasteiger partial charge in [-0.1, -0.05) is 121 Å². The number of hydrogen-bond donors (Lipinski definition) is 2. The summed E-state index contributed by atoms with van der Waals surface area (Å²) in [6.45, 7) is 0. The van der Waals surface area contributed by atoms with Gasteiger partial charge in [-0.2, -0.15) is 0 Å². The van der Waals surface area contributed by atoms with Gasteiger partial charge in [0.15, 0.2) is 0 Å². The Bertz CT molecular complexity index is 2180. The van der Waals surface area contributed by atoms with Gasteiger partial charge in [0.1, 0.15) is 0 Å². The van der Waals surface area contributed by atoms with Gasteiger partial charge in [-0.15, -0.1) is 0 Å². The molecule has 5 heterocycles. The first-order valence-corrected chi connectivity index (χ1v) is 16.2. The van der Waals surface area contributed by atoms with E-state index in [4.69, 9.17) is 9.97 Å². The molecule has 0 aliphatic carbocycles. The van der Waals surface area contributed by atoms with Gasteiger partial charge in [-0.25, -0.2) is 9.97 Å². The molecule has 4 aromatic carbocycles. The van der Waals surface area contributed by atoms with Crippen LogP contribution in [0.25, 0.3) is 90.9 Å². The van der Waals surface area contributed by atoms with E-state index in [2.05, 4.69) is 156 Å². The molecule has 2 aliphatic rings. The van der Waals surface area contributed by atoms with E-state index >= 15 is 0 Å². The Hall–Kier alpha value is -5.65. The molecular weight excluding hydrogens is 699 g/mol. The number of H-pyrrole nitrogens is 2. The summed E-state index contributed by atoms with van der Waals surface area (Å²) in [5, 5.41) is 0. The van der Waals surface area contributed by atoms with Crippen LogP contribution < -0.4 is 0 Å². The maximum atomic E-state index is 5.35. The van der Waals surface area contributed by atoms with Crippen LogP contribution in [0.4, 0.5) is 0 Å². The zero-order valence-electron chi connectivity index (χ0n) is 26.6. The molecule has 49 heavy (non-hydrogen) atoms. The summed E-state index contributed by atoms with van der Waals surface area (Å²) in [6, 6.07) is 50.7. The smallest absolute Gasteiger partial charge is 0.354 e. The quantitative estimate of drug-likeness (QED) is 0.190. The topological polar surface area (TPSA) is 57.4 Å². The van der Waals surface area contributed by atoms with Crippen molar-refractivity contribution in [2.75, 3.05) is 0 Å². The van der Waals surface area contributed by atoms with E-state index in [1.807, 2.05) is 24.3 Å². The third-order valence-electron chi connectivity index (χ3n) is 9.00. The van der Waals surface area contributed by atoms with Crippen LogP contribution >= 0.6 is 0 Å². The maximum absolute atomic E-state index is 5.35. The number of benzene rings is 4. The van der Waals surface area contributed by atoms with Crippen molar-refractivity contribution >= 4 is 72.2 Å². The first kappa shape index (κ1) is 30.7. The van der Waals surface area contributed by atoms with E-state index in [-0.39, 0.29) is 25.8 Å². The number of hydrogen-bond acceptors (Lipinski definition) is 2. The maximum Gasteiger partial charge on any atom is 3.00 e. The molecule has 2 N–H and O–H groups in total. The first-order chi connectivity index (χ1) is 23.8. The molecule has 2 aliphatic heterocycles. The van der Waals surface area contributed by atoms with Gasteiger partial charge >= 0.3 is 25.8 Å². The monoisotopic (exact) mass is 729 g/mol. The number of rotatable bonds is 4. The third-order valence-corrected chi connectivity index (χ3v) is 9.00. The molecule has 0 spiro atoms. The minimum Gasteiger partial charge on any atom is -0.354 e. The predicted octanol–water partition coefficient (Wildman–Crippen LogP) is 10.9. The second kappa shape index (κ2) is 13.1. The minimum atomic E-state index is 0. The molecule has 0 atom stereocenters. The number of nitrogens with one attached hydrogen (secondary N) is 2. The fourth-order valence-corrected chi connectivity index (χ4v) is 6.84. The molecule has 0 fully saturated rings. The van der Waals surface area contributed by atoms with Gasteiger partial charge in [0.05, 0.1) is 22.8 Å². The molecule has 8 bridgehead atoms. The molecule has 0 saturated carbocycles. The zero-order valence-corrected chi connectivity index (χ0v) is 29.9. The SMILES string of the molecule is C1=Cc2nc1c(-c1ccccc1)c1ccc([nH]1)c(-c1ccccc1)c1nc(c(-c3ccccc3)c3ccc([nH]3)c2-c2ccccc2)C=C1.[In+3]. The third kappa shape index (κ3) is 5.66. The Morgan fingerprint density at radius 3 is 0.735 bits per heavy atom. The summed E-state index contributed by atoms with van der Waals surface area (Å²) in [4.78, 5) is 18.3.